The first-order chi connectivity index (χ1) is 24.1. The molecule has 18 heteroatoms. The largest absolute Gasteiger partial charge is 0.377 e. The normalized spacial score (nSPS) is 13.6. The molecule has 1 saturated heterocycles. The van der Waals surface area contributed by atoms with E-state index in [9.17, 15) is 20.2 Å². The van der Waals surface area contributed by atoms with Gasteiger partial charge in [-0.15, -0.1) is 0 Å². The van der Waals surface area contributed by atoms with Gasteiger partial charge in [0.2, 0.25) is 0 Å². The number of rotatable bonds is 34. The Hall–Kier alpha value is -2.62. The highest BCUT2D eigenvalue weighted by molar-refractivity contribution is 5.65. The molecular weight excluding hydrogens is 652 g/mol. The van der Waals surface area contributed by atoms with Gasteiger partial charge in [-0.25, -0.2) is 0 Å². The van der Waals surface area contributed by atoms with Crippen LogP contribution in [0.3, 0.4) is 0 Å². The first kappa shape index (κ1) is 42.5. The van der Waals surface area contributed by atoms with E-state index in [0.29, 0.717) is 132 Å². The van der Waals surface area contributed by atoms with Crippen molar-refractivity contribution in [2.24, 2.45) is 0 Å². The Labute approximate surface area is 287 Å². The summed E-state index contributed by atoms with van der Waals surface area (Å²) in [6.07, 6.45) is 2.49. The highest BCUT2D eigenvalue weighted by atomic mass is 16.6. The Bertz CT molecular complexity index is 974. The molecule has 1 aromatic carbocycles. The molecule has 49 heavy (non-hydrogen) atoms. The molecule has 1 aliphatic heterocycles. The summed E-state index contributed by atoms with van der Waals surface area (Å²) in [5.41, 5.74) is -0.520. The van der Waals surface area contributed by atoms with Gasteiger partial charge < -0.3 is 58.0 Å². The number of non-ortho nitro benzene ring substituents is 1. The number of hydrogen-bond acceptors (Lipinski definition) is 16. The molecule has 282 valence electrons. The fourth-order valence-electron chi connectivity index (χ4n) is 4.29. The number of benzene rings is 1. The third kappa shape index (κ3) is 23.4. The van der Waals surface area contributed by atoms with Crippen LogP contribution in [0.15, 0.2) is 18.2 Å². The van der Waals surface area contributed by atoms with Crippen molar-refractivity contribution in [1.29, 1.82) is 0 Å². The molecule has 0 aliphatic carbocycles. The van der Waals surface area contributed by atoms with Crippen molar-refractivity contribution < 1.29 is 57.2 Å². The van der Waals surface area contributed by atoms with Crippen molar-refractivity contribution in [3.63, 3.8) is 0 Å². The summed E-state index contributed by atoms with van der Waals surface area (Å²) in [6.45, 7) is 11.3. The summed E-state index contributed by atoms with van der Waals surface area (Å²) in [7, 11) is 0. The fraction of sp³-hybridized carbons (Fsp3) is 0.806. The van der Waals surface area contributed by atoms with Crippen LogP contribution in [0.2, 0.25) is 0 Å². The van der Waals surface area contributed by atoms with Crippen molar-refractivity contribution in [3.8, 4) is 0 Å². The van der Waals surface area contributed by atoms with Crippen LogP contribution in [0, 0.1) is 20.2 Å². The second kappa shape index (κ2) is 30.2. The Morgan fingerprint density at radius 2 is 0.959 bits per heavy atom. The lowest BCUT2D eigenvalue weighted by molar-refractivity contribution is -0.393. The summed E-state index contributed by atoms with van der Waals surface area (Å²) in [6, 6.07) is 3.43. The van der Waals surface area contributed by atoms with E-state index < -0.39 is 9.85 Å². The van der Waals surface area contributed by atoms with Gasteiger partial charge in [-0.05, 0) is 32.0 Å². The number of nitro groups is 2. The molecule has 0 unspecified atom stereocenters. The van der Waals surface area contributed by atoms with Gasteiger partial charge in [0.05, 0.1) is 148 Å². The van der Waals surface area contributed by atoms with E-state index >= 15 is 0 Å². The van der Waals surface area contributed by atoms with Crippen molar-refractivity contribution >= 4 is 17.1 Å². The van der Waals surface area contributed by atoms with Gasteiger partial charge in [0.1, 0.15) is 5.69 Å². The fourth-order valence-corrected chi connectivity index (χ4v) is 4.29. The lowest BCUT2D eigenvalue weighted by atomic mass is 10.1. The van der Waals surface area contributed by atoms with Gasteiger partial charge in [-0.3, -0.25) is 20.2 Å². The third-order valence-corrected chi connectivity index (χ3v) is 6.79. The molecular formula is C31H54N4O14. The molecule has 1 aliphatic rings. The van der Waals surface area contributed by atoms with E-state index in [1.807, 2.05) is 0 Å². The van der Waals surface area contributed by atoms with Crippen LogP contribution in [-0.4, -0.2) is 161 Å². The minimum atomic E-state index is -0.680. The van der Waals surface area contributed by atoms with Gasteiger partial charge in [0.15, 0.2) is 0 Å². The summed E-state index contributed by atoms with van der Waals surface area (Å²) in [5.74, 6) is 0. The maximum Gasteiger partial charge on any atom is 0.299 e. The summed E-state index contributed by atoms with van der Waals surface area (Å²) >= 11 is 0. The summed E-state index contributed by atoms with van der Waals surface area (Å²) < 4.78 is 55.0. The molecule has 2 N–H and O–H groups in total. The molecule has 0 saturated carbocycles. The average Bonchev–Trinajstić information content (AvgIpc) is 3.11. The van der Waals surface area contributed by atoms with Crippen molar-refractivity contribution in [2.45, 2.75) is 18.9 Å². The molecule has 0 aromatic heterocycles. The number of piperidine rings is 1. The lowest BCUT2D eigenvalue weighted by Gasteiger charge is -2.22. The molecule has 18 nitrogen and oxygen atoms in total. The van der Waals surface area contributed by atoms with Crippen LogP contribution in [0.25, 0.3) is 0 Å². The minimum Gasteiger partial charge on any atom is -0.377 e. The molecule has 1 heterocycles. The molecule has 0 atom stereocenters. The average molecular weight is 707 g/mol. The molecule has 0 spiro atoms. The van der Waals surface area contributed by atoms with Crippen LogP contribution in [-0.2, 0) is 47.4 Å². The maximum atomic E-state index is 11.1. The van der Waals surface area contributed by atoms with Crippen molar-refractivity contribution in [2.75, 3.05) is 150 Å². The van der Waals surface area contributed by atoms with Gasteiger partial charge in [0.25, 0.3) is 11.4 Å². The zero-order valence-corrected chi connectivity index (χ0v) is 28.4. The second-order valence-electron chi connectivity index (χ2n) is 10.5. The maximum absolute atomic E-state index is 11.1. The third-order valence-electron chi connectivity index (χ3n) is 6.79. The van der Waals surface area contributed by atoms with E-state index in [1.165, 1.54) is 12.1 Å². The smallest absolute Gasteiger partial charge is 0.299 e. The van der Waals surface area contributed by atoms with Gasteiger partial charge in [-0.2, -0.15) is 0 Å². The first-order valence-electron chi connectivity index (χ1n) is 16.8. The number of ether oxygens (including phenoxy) is 10. The van der Waals surface area contributed by atoms with E-state index in [1.54, 1.807) is 0 Å². The van der Waals surface area contributed by atoms with E-state index in [-0.39, 0.29) is 23.7 Å². The predicted octanol–water partition coefficient (Wildman–Crippen LogP) is 1.83. The molecule has 0 bridgehead atoms. The zero-order valence-electron chi connectivity index (χ0n) is 28.4. The SMILES string of the molecule is O=[N+]([O-])c1ccc(NCCOCCOCCOCCOCCOCCOCCOCCOCCOCCOC2CCNCC2)c([N+](=O)[O-])c1. The Balaban J connectivity index is 1.20. The van der Waals surface area contributed by atoms with Crippen LogP contribution in [0.5, 0.6) is 0 Å². The second-order valence-corrected chi connectivity index (χ2v) is 10.5. The number of nitrogens with zero attached hydrogens (tertiary/aromatic N) is 2. The minimum absolute atomic E-state index is 0.188. The van der Waals surface area contributed by atoms with Crippen LogP contribution >= 0.6 is 0 Å². The highest BCUT2D eigenvalue weighted by Crippen LogP contribution is 2.28. The van der Waals surface area contributed by atoms with Crippen LogP contribution in [0.4, 0.5) is 17.1 Å². The monoisotopic (exact) mass is 706 g/mol. The van der Waals surface area contributed by atoms with E-state index in [2.05, 4.69) is 10.6 Å². The summed E-state index contributed by atoms with van der Waals surface area (Å²) in [4.78, 5) is 20.6. The Kier molecular flexibility index (Phi) is 26.2. The van der Waals surface area contributed by atoms with Crippen molar-refractivity contribution in [3.05, 3.63) is 38.4 Å². The van der Waals surface area contributed by atoms with E-state index in [0.717, 1.165) is 32.0 Å². The molecule has 0 radical (unpaired) electrons. The van der Waals surface area contributed by atoms with Crippen LogP contribution in [0.1, 0.15) is 12.8 Å². The van der Waals surface area contributed by atoms with Gasteiger partial charge in [0, 0.05) is 12.6 Å². The molecule has 1 fully saturated rings. The first-order valence-corrected chi connectivity index (χ1v) is 16.8. The number of nitro benzene ring substituents is 2. The number of hydrogen-bond donors (Lipinski definition) is 2. The van der Waals surface area contributed by atoms with E-state index in [4.69, 9.17) is 47.4 Å². The molecule has 0 amide bonds. The van der Waals surface area contributed by atoms with Gasteiger partial charge >= 0.3 is 0 Å². The zero-order chi connectivity index (χ0) is 35.0. The quantitative estimate of drug-likeness (QED) is 0.0596. The predicted molar refractivity (Wildman–Crippen MR) is 177 cm³/mol. The van der Waals surface area contributed by atoms with Crippen molar-refractivity contribution in [1.82, 2.24) is 5.32 Å². The Morgan fingerprint density at radius 1 is 0.571 bits per heavy atom. The summed E-state index contributed by atoms with van der Waals surface area (Å²) in [5, 5.41) is 28.1. The van der Waals surface area contributed by atoms with Gasteiger partial charge in [-0.1, -0.05) is 0 Å². The number of nitrogens with one attached hydrogen (secondary N) is 2. The number of anilines is 1. The molecule has 1 aromatic rings. The Morgan fingerprint density at radius 3 is 1.35 bits per heavy atom. The standard InChI is InChI=1S/C31H54N4O14/c36-34(37)28-1-2-30(31(27-28)35(38)39)33-7-8-40-9-10-41-11-12-42-13-14-43-15-16-44-17-18-45-19-20-46-21-22-47-23-24-48-25-26-49-29-3-5-32-6-4-29/h1-2,27,29,32-33H,3-26H2. The topological polar surface area (TPSA) is 203 Å². The highest BCUT2D eigenvalue weighted by Gasteiger charge is 2.19. The molecule has 2 rings (SSSR count). The van der Waals surface area contributed by atoms with Crippen LogP contribution < -0.4 is 10.6 Å². The lowest BCUT2D eigenvalue weighted by Crippen LogP contribution is -2.33.